The third-order valence-corrected chi connectivity index (χ3v) is 2.00. The van der Waals surface area contributed by atoms with E-state index in [1.165, 1.54) is 0 Å². The summed E-state index contributed by atoms with van der Waals surface area (Å²) in [5, 5.41) is 3.17. The van der Waals surface area contributed by atoms with Gasteiger partial charge in [-0.1, -0.05) is 13.8 Å². The normalized spacial score (nSPS) is 30.9. The van der Waals surface area contributed by atoms with E-state index in [9.17, 15) is 4.39 Å². The fourth-order valence-corrected chi connectivity index (χ4v) is 1.14. The quantitative estimate of drug-likeness (QED) is 0.580. The van der Waals surface area contributed by atoms with Gasteiger partial charge in [-0.3, -0.25) is 0 Å². The largest absolute Gasteiger partial charge is 0.316 e. The smallest absolute Gasteiger partial charge is 0.108 e. The lowest BCUT2D eigenvalue weighted by Gasteiger charge is -2.33. The minimum Gasteiger partial charge on any atom is -0.316 e. The summed E-state index contributed by atoms with van der Waals surface area (Å²) >= 11 is 0. The maximum absolute atomic E-state index is 12.9. The van der Waals surface area contributed by atoms with Crippen molar-refractivity contribution in [3.63, 3.8) is 0 Å². The standard InChI is InChI=1S/C7H14FN.ClH/c1-7(2)5-9-4-3-6(7)8;/h6,9H,3-5H2,1-2H3;1H/t6-;/m1./s1. The number of halogens is 2. The number of nitrogens with one attached hydrogen (secondary N) is 1. The fraction of sp³-hybridized carbons (Fsp3) is 1.00. The molecule has 1 heterocycles. The molecule has 1 saturated heterocycles. The molecule has 0 saturated carbocycles. The second kappa shape index (κ2) is 3.54. The molecule has 1 atom stereocenters. The van der Waals surface area contributed by atoms with Gasteiger partial charge in [-0.05, 0) is 13.0 Å². The predicted octanol–water partition coefficient (Wildman–Crippen LogP) is 1.77. The maximum Gasteiger partial charge on any atom is 0.108 e. The van der Waals surface area contributed by atoms with Crippen molar-refractivity contribution < 1.29 is 4.39 Å². The van der Waals surface area contributed by atoms with Crippen molar-refractivity contribution in [2.24, 2.45) is 5.41 Å². The van der Waals surface area contributed by atoms with Crippen molar-refractivity contribution in [3.8, 4) is 0 Å². The van der Waals surface area contributed by atoms with Crippen LogP contribution in [0.1, 0.15) is 20.3 Å². The minimum atomic E-state index is -0.612. The third kappa shape index (κ3) is 2.10. The average Bonchev–Trinajstić information content (AvgIpc) is 1.77. The Morgan fingerprint density at radius 1 is 1.50 bits per heavy atom. The Labute approximate surface area is 67.8 Å². The predicted molar refractivity (Wildman–Crippen MR) is 43.4 cm³/mol. The molecule has 3 heteroatoms. The van der Waals surface area contributed by atoms with E-state index < -0.39 is 6.17 Å². The molecule has 1 rings (SSSR count). The first-order valence-corrected chi connectivity index (χ1v) is 3.48. The Balaban J connectivity index is 0.000000810. The lowest BCUT2D eigenvalue weighted by molar-refractivity contribution is 0.104. The highest BCUT2D eigenvalue weighted by Crippen LogP contribution is 2.27. The van der Waals surface area contributed by atoms with E-state index in [0.29, 0.717) is 6.42 Å². The molecule has 0 radical (unpaired) electrons. The van der Waals surface area contributed by atoms with Crippen molar-refractivity contribution >= 4 is 12.4 Å². The van der Waals surface area contributed by atoms with Crippen LogP contribution in [-0.2, 0) is 0 Å². The highest BCUT2D eigenvalue weighted by atomic mass is 35.5. The molecular weight excluding hydrogens is 153 g/mol. The molecule has 0 amide bonds. The van der Waals surface area contributed by atoms with Gasteiger partial charge in [-0.2, -0.15) is 0 Å². The molecule has 0 aromatic rings. The molecule has 62 valence electrons. The van der Waals surface area contributed by atoms with Crippen molar-refractivity contribution in [2.75, 3.05) is 13.1 Å². The minimum absolute atomic E-state index is 0. The summed E-state index contributed by atoms with van der Waals surface area (Å²) in [5.41, 5.74) is -0.141. The van der Waals surface area contributed by atoms with Crippen LogP contribution in [0.4, 0.5) is 4.39 Å². The van der Waals surface area contributed by atoms with Gasteiger partial charge in [0.05, 0.1) is 0 Å². The van der Waals surface area contributed by atoms with E-state index in [1.807, 2.05) is 13.8 Å². The topological polar surface area (TPSA) is 12.0 Å². The van der Waals surface area contributed by atoms with Gasteiger partial charge in [0, 0.05) is 12.0 Å². The summed E-state index contributed by atoms with van der Waals surface area (Å²) in [7, 11) is 0. The van der Waals surface area contributed by atoms with Crippen LogP contribution < -0.4 is 5.32 Å². The Morgan fingerprint density at radius 2 is 2.10 bits per heavy atom. The van der Waals surface area contributed by atoms with Crippen LogP contribution >= 0.6 is 12.4 Å². The average molecular weight is 168 g/mol. The van der Waals surface area contributed by atoms with Crippen molar-refractivity contribution in [3.05, 3.63) is 0 Å². The molecule has 1 fully saturated rings. The Hall–Kier alpha value is 0.180. The molecule has 1 aliphatic rings. The van der Waals surface area contributed by atoms with Gasteiger partial charge < -0.3 is 5.32 Å². The Bertz CT molecular complexity index is 106. The SMILES string of the molecule is CC1(C)CNCC[C@H]1F.Cl. The van der Waals surface area contributed by atoms with Crippen LogP contribution in [0.2, 0.25) is 0 Å². The zero-order valence-corrected chi connectivity index (χ0v) is 7.30. The molecule has 0 aromatic carbocycles. The van der Waals surface area contributed by atoms with Gasteiger partial charge in [0.1, 0.15) is 6.17 Å². The molecule has 0 aliphatic carbocycles. The first-order chi connectivity index (χ1) is 4.13. The molecule has 1 nitrogen and oxygen atoms in total. The summed E-state index contributed by atoms with van der Waals surface area (Å²) in [6.45, 7) is 5.58. The van der Waals surface area contributed by atoms with Gasteiger partial charge in [0.15, 0.2) is 0 Å². The second-order valence-electron chi connectivity index (χ2n) is 3.42. The van der Waals surface area contributed by atoms with E-state index in [-0.39, 0.29) is 17.8 Å². The highest BCUT2D eigenvalue weighted by Gasteiger charge is 2.31. The zero-order valence-electron chi connectivity index (χ0n) is 6.48. The van der Waals surface area contributed by atoms with Crippen LogP contribution in [0.15, 0.2) is 0 Å². The summed E-state index contributed by atoms with van der Waals surface area (Å²) in [5.74, 6) is 0. The van der Waals surface area contributed by atoms with Crippen molar-refractivity contribution in [2.45, 2.75) is 26.4 Å². The van der Waals surface area contributed by atoms with Crippen LogP contribution in [0.5, 0.6) is 0 Å². The van der Waals surface area contributed by atoms with Gasteiger partial charge in [0.2, 0.25) is 0 Å². The van der Waals surface area contributed by atoms with E-state index in [4.69, 9.17) is 0 Å². The van der Waals surface area contributed by atoms with Crippen LogP contribution in [-0.4, -0.2) is 19.3 Å². The zero-order chi connectivity index (χ0) is 6.91. The number of hydrogen-bond donors (Lipinski definition) is 1. The first kappa shape index (κ1) is 10.2. The number of piperidine rings is 1. The lowest BCUT2D eigenvalue weighted by atomic mass is 9.83. The first-order valence-electron chi connectivity index (χ1n) is 3.48. The van der Waals surface area contributed by atoms with Crippen LogP contribution in [0, 0.1) is 5.41 Å². The summed E-state index contributed by atoms with van der Waals surface area (Å²) in [6, 6.07) is 0. The summed E-state index contributed by atoms with van der Waals surface area (Å²) < 4.78 is 12.9. The van der Waals surface area contributed by atoms with E-state index in [0.717, 1.165) is 13.1 Å². The lowest BCUT2D eigenvalue weighted by Crippen LogP contribution is -2.43. The van der Waals surface area contributed by atoms with Gasteiger partial charge in [0.25, 0.3) is 0 Å². The van der Waals surface area contributed by atoms with Crippen molar-refractivity contribution in [1.29, 1.82) is 0 Å². The monoisotopic (exact) mass is 167 g/mol. The molecule has 1 aliphatic heterocycles. The summed E-state index contributed by atoms with van der Waals surface area (Å²) in [6.07, 6.45) is 0.0613. The third-order valence-electron chi connectivity index (χ3n) is 2.00. The molecular formula is C7H15ClFN. The van der Waals surface area contributed by atoms with Gasteiger partial charge in [-0.25, -0.2) is 4.39 Å². The molecule has 0 spiro atoms. The number of rotatable bonds is 0. The molecule has 1 N–H and O–H groups in total. The molecule has 0 unspecified atom stereocenters. The Kier molecular flexibility index (Phi) is 3.60. The number of hydrogen-bond acceptors (Lipinski definition) is 1. The fourth-order valence-electron chi connectivity index (χ4n) is 1.14. The van der Waals surface area contributed by atoms with Gasteiger partial charge in [-0.15, -0.1) is 12.4 Å². The highest BCUT2D eigenvalue weighted by molar-refractivity contribution is 5.85. The Morgan fingerprint density at radius 3 is 2.40 bits per heavy atom. The van der Waals surface area contributed by atoms with E-state index >= 15 is 0 Å². The number of alkyl halides is 1. The van der Waals surface area contributed by atoms with Crippen LogP contribution in [0.25, 0.3) is 0 Å². The maximum atomic E-state index is 12.9. The van der Waals surface area contributed by atoms with E-state index in [2.05, 4.69) is 5.32 Å². The molecule has 0 aromatic heterocycles. The summed E-state index contributed by atoms with van der Waals surface area (Å²) in [4.78, 5) is 0. The van der Waals surface area contributed by atoms with Gasteiger partial charge >= 0.3 is 0 Å². The second-order valence-corrected chi connectivity index (χ2v) is 3.42. The molecule has 10 heavy (non-hydrogen) atoms. The van der Waals surface area contributed by atoms with E-state index in [1.54, 1.807) is 0 Å². The van der Waals surface area contributed by atoms with Crippen molar-refractivity contribution in [1.82, 2.24) is 5.32 Å². The van der Waals surface area contributed by atoms with Crippen LogP contribution in [0.3, 0.4) is 0 Å². The molecule has 0 bridgehead atoms.